The Kier molecular flexibility index (Phi) is 6.29. The second kappa shape index (κ2) is 9.35. The predicted octanol–water partition coefficient (Wildman–Crippen LogP) is 4.11. The van der Waals surface area contributed by atoms with Gasteiger partial charge in [-0.2, -0.15) is 13.2 Å². The Morgan fingerprint density at radius 2 is 1.74 bits per heavy atom. The van der Waals surface area contributed by atoms with Gasteiger partial charge in [-0.3, -0.25) is 14.3 Å². The van der Waals surface area contributed by atoms with Crippen LogP contribution in [0.1, 0.15) is 23.2 Å². The summed E-state index contributed by atoms with van der Waals surface area (Å²) < 4.78 is 89.5. The molecule has 4 heterocycles. The Morgan fingerprint density at radius 3 is 2.45 bits per heavy atom. The van der Waals surface area contributed by atoms with Gasteiger partial charge in [-0.25, -0.2) is 28.1 Å². The van der Waals surface area contributed by atoms with E-state index in [9.17, 15) is 31.1 Å². The van der Waals surface area contributed by atoms with Crippen LogP contribution < -0.4 is 10.5 Å². The average molecular weight is 536 g/mol. The van der Waals surface area contributed by atoms with Gasteiger partial charge < -0.3 is 9.64 Å². The molecule has 0 N–H and O–H groups in total. The molecule has 0 aliphatic carbocycles. The molecular formula is C24H18F6N6O2. The summed E-state index contributed by atoms with van der Waals surface area (Å²) in [6.45, 7) is 2.39. The van der Waals surface area contributed by atoms with Crippen molar-refractivity contribution in [2.75, 3.05) is 24.6 Å². The first-order valence-electron chi connectivity index (χ1n) is 11.2. The molecule has 0 spiro atoms. The van der Waals surface area contributed by atoms with Crippen molar-refractivity contribution in [3.05, 3.63) is 75.3 Å². The van der Waals surface area contributed by atoms with Gasteiger partial charge in [0.05, 0.1) is 13.2 Å². The van der Waals surface area contributed by atoms with Gasteiger partial charge in [-0.1, -0.05) is 0 Å². The van der Waals surface area contributed by atoms with Crippen LogP contribution in [0.5, 0.6) is 0 Å². The van der Waals surface area contributed by atoms with E-state index in [0.717, 1.165) is 18.3 Å². The van der Waals surface area contributed by atoms with E-state index >= 15 is 0 Å². The van der Waals surface area contributed by atoms with Crippen LogP contribution in [-0.2, 0) is 18.0 Å². The first-order valence-corrected chi connectivity index (χ1v) is 11.2. The molecule has 1 aliphatic rings. The average Bonchev–Trinajstić information content (AvgIpc) is 2.87. The minimum atomic E-state index is -5.05. The summed E-state index contributed by atoms with van der Waals surface area (Å²) >= 11 is 0. The summed E-state index contributed by atoms with van der Waals surface area (Å²) in [5.74, 6) is -6.01. The van der Waals surface area contributed by atoms with Gasteiger partial charge in [0, 0.05) is 37.1 Å². The summed E-state index contributed by atoms with van der Waals surface area (Å²) in [5.41, 5.74) is -2.16. The molecule has 0 radical (unpaired) electrons. The molecule has 1 fully saturated rings. The highest BCUT2D eigenvalue weighted by atomic mass is 19.4. The fourth-order valence-electron chi connectivity index (χ4n) is 4.22. The van der Waals surface area contributed by atoms with Crippen molar-refractivity contribution in [2.45, 2.75) is 19.2 Å². The summed E-state index contributed by atoms with van der Waals surface area (Å²) in [5, 5.41) is 0. The lowest BCUT2D eigenvalue weighted by Crippen LogP contribution is -2.40. The zero-order valence-electron chi connectivity index (χ0n) is 19.9. The van der Waals surface area contributed by atoms with Gasteiger partial charge in [0.2, 0.25) is 11.8 Å². The van der Waals surface area contributed by atoms with Crippen LogP contribution in [0.4, 0.5) is 32.3 Å². The summed E-state index contributed by atoms with van der Waals surface area (Å²) in [4.78, 5) is 30.6. The first kappa shape index (κ1) is 25.6. The lowest BCUT2D eigenvalue weighted by molar-refractivity contribution is -0.147. The zero-order chi connectivity index (χ0) is 27.4. The van der Waals surface area contributed by atoms with Crippen molar-refractivity contribution in [3.8, 4) is 11.3 Å². The van der Waals surface area contributed by atoms with E-state index in [0.29, 0.717) is 6.07 Å². The van der Waals surface area contributed by atoms with Crippen LogP contribution in [0.2, 0.25) is 0 Å². The van der Waals surface area contributed by atoms with Gasteiger partial charge in [-0.05, 0) is 30.7 Å². The van der Waals surface area contributed by atoms with Crippen molar-refractivity contribution in [3.63, 3.8) is 0 Å². The highest BCUT2D eigenvalue weighted by Crippen LogP contribution is 2.33. The van der Waals surface area contributed by atoms with Crippen molar-refractivity contribution in [1.29, 1.82) is 0 Å². The molecule has 198 valence electrons. The number of benzene rings is 1. The normalized spacial score (nSPS) is 16.3. The van der Waals surface area contributed by atoms with E-state index in [1.807, 2.05) is 6.07 Å². The Hall–Kier alpha value is -4.07. The van der Waals surface area contributed by atoms with Crippen LogP contribution in [0.15, 0.2) is 35.3 Å². The lowest BCUT2D eigenvalue weighted by Gasteiger charge is -2.33. The number of hydrogen-bond donors (Lipinski definition) is 0. The maximum atomic E-state index is 14.8. The van der Waals surface area contributed by atoms with E-state index in [-0.39, 0.29) is 36.3 Å². The highest BCUT2D eigenvalue weighted by molar-refractivity contribution is 5.89. The smallest absolute Gasteiger partial charge is 0.370 e. The number of alkyl halides is 3. The first-order chi connectivity index (χ1) is 17.9. The molecule has 38 heavy (non-hydrogen) atoms. The topological polar surface area (TPSA) is 86.0 Å². The van der Waals surface area contributed by atoms with Crippen LogP contribution in [0, 0.1) is 24.4 Å². The van der Waals surface area contributed by atoms with Crippen molar-refractivity contribution in [1.82, 2.24) is 24.5 Å². The third kappa shape index (κ3) is 4.55. The standard InChI is InChI=1S/C24H18F6N6O2/c1-11-7-12(3-4-31-11)17-10-36(5-6-38-17)23-33-18(13-8-15(26)16(27)9-14(13)25)19-20(34-23)21(37)35(2)22(32-19)24(28,29)30/h3-4,7-9,17H,5-6,10H2,1-2H3/t17-/m0/s1. The molecule has 1 aromatic carbocycles. The molecular weight excluding hydrogens is 518 g/mol. The number of anilines is 1. The SMILES string of the molecule is Cc1cc([C@@H]2CN(c3nc(-c4cc(F)c(F)cc4F)c4nc(C(F)(F)F)n(C)c(=O)c4n3)CCO2)ccn1. The summed E-state index contributed by atoms with van der Waals surface area (Å²) in [6.07, 6.45) is -3.91. The van der Waals surface area contributed by atoms with E-state index in [1.54, 1.807) is 24.1 Å². The van der Waals surface area contributed by atoms with Crippen molar-refractivity contribution in [2.24, 2.45) is 7.05 Å². The van der Waals surface area contributed by atoms with E-state index in [4.69, 9.17) is 4.74 Å². The number of ether oxygens (including phenoxy) is 1. The number of nitrogens with zero attached hydrogens (tertiary/aromatic N) is 6. The number of morpholine rings is 1. The minimum Gasteiger partial charge on any atom is -0.370 e. The number of halogens is 6. The number of fused-ring (bicyclic) bond motifs is 1. The van der Waals surface area contributed by atoms with Crippen LogP contribution in [-0.4, -0.2) is 44.2 Å². The molecule has 1 aliphatic heterocycles. The predicted molar refractivity (Wildman–Crippen MR) is 123 cm³/mol. The molecule has 14 heteroatoms. The second-order valence-electron chi connectivity index (χ2n) is 8.65. The molecule has 0 unspecified atom stereocenters. The fraction of sp³-hybridized carbons (Fsp3) is 0.292. The number of aryl methyl sites for hydroxylation is 1. The number of aromatic nitrogens is 5. The van der Waals surface area contributed by atoms with Crippen molar-refractivity contribution < 1.29 is 31.1 Å². The second-order valence-corrected chi connectivity index (χ2v) is 8.65. The largest absolute Gasteiger partial charge is 0.449 e. The minimum absolute atomic E-state index is 0.144. The molecule has 1 saturated heterocycles. The third-order valence-corrected chi connectivity index (χ3v) is 6.08. The fourth-order valence-corrected chi connectivity index (χ4v) is 4.22. The van der Waals surface area contributed by atoms with Crippen LogP contribution >= 0.6 is 0 Å². The Bertz CT molecular complexity index is 1620. The Balaban J connectivity index is 1.72. The number of pyridine rings is 1. The zero-order valence-corrected chi connectivity index (χ0v) is 19.9. The van der Waals surface area contributed by atoms with Gasteiger partial charge in [0.25, 0.3) is 5.56 Å². The quantitative estimate of drug-likeness (QED) is 0.288. The van der Waals surface area contributed by atoms with Gasteiger partial charge in [-0.15, -0.1) is 0 Å². The number of rotatable bonds is 3. The third-order valence-electron chi connectivity index (χ3n) is 6.08. The maximum absolute atomic E-state index is 14.8. The summed E-state index contributed by atoms with van der Waals surface area (Å²) in [6, 6.07) is 4.25. The lowest BCUT2D eigenvalue weighted by atomic mass is 10.1. The summed E-state index contributed by atoms with van der Waals surface area (Å²) in [7, 11) is 0.869. The van der Waals surface area contributed by atoms with E-state index < -0.39 is 63.4 Å². The molecule has 8 nitrogen and oxygen atoms in total. The molecule has 5 rings (SSSR count). The highest BCUT2D eigenvalue weighted by Gasteiger charge is 2.37. The molecule has 0 amide bonds. The Morgan fingerprint density at radius 1 is 1.00 bits per heavy atom. The Labute approximate surface area is 210 Å². The number of hydrogen-bond acceptors (Lipinski definition) is 7. The van der Waals surface area contributed by atoms with Crippen LogP contribution in [0.3, 0.4) is 0 Å². The monoisotopic (exact) mass is 536 g/mol. The van der Waals surface area contributed by atoms with Gasteiger partial charge in [0.15, 0.2) is 17.2 Å². The van der Waals surface area contributed by atoms with Crippen LogP contribution in [0.25, 0.3) is 22.3 Å². The van der Waals surface area contributed by atoms with Crippen molar-refractivity contribution >= 4 is 17.0 Å². The maximum Gasteiger partial charge on any atom is 0.449 e. The molecule has 3 aromatic heterocycles. The molecule has 0 saturated carbocycles. The molecule has 1 atom stereocenters. The van der Waals surface area contributed by atoms with E-state index in [2.05, 4.69) is 19.9 Å². The van der Waals surface area contributed by atoms with E-state index in [1.165, 1.54) is 0 Å². The molecule has 0 bridgehead atoms. The molecule has 4 aromatic rings. The van der Waals surface area contributed by atoms with Gasteiger partial charge in [0.1, 0.15) is 23.1 Å². The van der Waals surface area contributed by atoms with Gasteiger partial charge >= 0.3 is 6.18 Å².